The fourth-order valence-electron chi connectivity index (χ4n) is 2.39. The van der Waals surface area contributed by atoms with Crippen LogP contribution in [0.2, 0.25) is 0 Å². The van der Waals surface area contributed by atoms with Crippen LogP contribution in [0.25, 0.3) is 0 Å². The first kappa shape index (κ1) is 18.5. The van der Waals surface area contributed by atoms with Crippen LogP contribution in [-0.4, -0.2) is 17.1 Å². The lowest BCUT2D eigenvalue weighted by atomic mass is 10.2. The maximum atomic E-state index is 13.8. The van der Waals surface area contributed by atoms with Gasteiger partial charge in [0.2, 0.25) is 5.95 Å². The zero-order valence-corrected chi connectivity index (χ0v) is 14.7. The average molecular weight is 374 g/mol. The second-order valence-electron chi connectivity index (χ2n) is 5.77. The van der Waals surface area contributed by atoms with Crippen molar-refractivity contribution < 1.29 is 17.9 Å². The van der Waals surface area contributed by atoms with E-state index in [9.17, 15) is 13.2 Å². The lowest BCUT2D eigenvalue weighted by molar-refractivity contribution is 0.414. The number of nitrogens with one attached hydrogen (secondary N) is 2. The summed E-state index contributed by atoms with van der Waals surface area (Å²) in [6.45, 7) is 2.24. The quantitative estimate of drug-likeness (QED) is 0.619. The van der Waals surface area contributed by atoms with Gasteiger partial charge >= 0.3 is 0 Å². The minimum atomic E-state index is -1.55. The molecule has 3 aromatic rings. The Bertz CT molecular complexity index is 948. The first-order valence-corrected chi connectivity index (χ1v) is 8.09. The number of methoxy groups -OCH3 is 1. The lowest BCUT2D eigenvalue weighted by Crippen LogP contribution is -2.07. The molecule has 0 bridgehead atoms. The zero-order chi connectivity index (χ0) is 19.4. The standard InChI is InChI=1S/C19H17F3N4O/c1-11-9-16(23-10-12-3-5-13(27-2)6-4-12)26-19(24-11)25-15-8-7-14(20)17(21)18(15)22/h3-9H,10H2,1-2H3,(H2,23,24,25,26). The molecule has 0 aliphatic rings. The lowest BCUT2D eigenvalue weighted by Gasteiger charge is -2.11. The zero-order valence-electron chi connectivity index (χ0n) is 14.7. The van der Waals surface area contributed by atoms with Gasteiger partial charge in [0, 0.05) is 18.3 Å². The van der Waals surface area contributed by atoms with E-state index >= 15 is 0 Å². The third-order valence-corrected chi connectivity index (χ3v) is 3.77. The predicted molar refractivity (Wildman–Crippen MR) is 96.7 cm³/mol. The SMILES string of the molecule is COc1ccc(CNc2cc(C)nc(Nc3ccc(F)c(F)c3F)n2)cc1. The first-order chi connectivity index (χ1) is 13.0. The summed E-state index contributed by atoms with van der Waals surface area (Å²) in [5, 5.41) is 5.72. The number of aryl methyl sites for hydroxylation is 1. The van der Waals surface area contributed by atoms with Crippen molar-refractivity contribution in [1.29, 1.82) is 0 Å². The van der Waals surface area contributed by atoms with Gasteiger partial charge in [-0.3, -0.25) is 0 Å². The van der Waals surface area contributed by atoms with Crippen LogP contribution in [0.1, 0.15) is 11.3 Å². The van der Waals surface area contributed by atoms with E-state index in [4.69, 9.17) is 4.74 Å². The van der Waals surface area contributed by atoms with E-state index in [1.54, 1.807) is 20.1 Å². The fourth-order valence-corrected chi connectivity index (χ4v) is 2.39. The molecule has 1 heterocycles. The molecule has 2 N–H and O–H groups in total. The molecule has 5 nitrogen and oxygen atoms in total. The van der Waals surface area contributed by atoms with E-state index in [-0.39, 0.29) is 11.6 Å². The second-order valence-corrected chi connectivity index (χ2v) is 5.77. The Kier molecular flexibility index (Phi) is 5.44. The second kappa shape index (κ2) is 7.94. The Hall–Kier alpha value is -3.29. The summed E-state index contributed by atoms with van der Waals surface area (Å²) in [6.07, 6.45) is 0. The van der Waals surface area contributed by atoms with Gasteiger partial charge < -0.3 is 15.4 Å². The molecule has 3 rings (SSSR count). The summed E-state index contributed by atoms with van der Waals surface area (Å²) in [4.78, 5) is 8.37. The summed E-state index contributed by atoms with van der Waals surface area (Å²) in [7, 11) is 1.60. The van der Waals surface area contributed by atoms with Gasteiger partial charge in [0.05, 0.1) is 12.8 Å². The van der Waals surface area contributed by atoms with Gasteiger partial charge in [-0.1, -0.05) is 12.1 Å². The van der Waals surface area contributed by atoms with E-state index in [1.807, 2.05) is 24.3 Å². The van der Waals surface area contributed by atoms with Crippen molar-refractivity contribution in [3.8, 4) is 5.75 Å². The highest BCUT2D eigenvalue weighted by Crippen LogP contribution is 2.23. The summed E-state index contributed by atoms with van der Waals surface area (Å²) in [5.74, 6) is -2.80. The Morgan fingerprint density at radius 2 is 1.70 bits per heavy atom. The molecule has 0 saturated carbocycles. The van der Waals surface area contributed by atoms with Crippen LogP contribution >= 0.6 is 0 Å². The van der Waals surface area contributed by atoms with Gasteiger partial charge in [-0.25, -0.2) is 18.2 Å². The molecule has 0 atom stereocenters. The summed E-state index contributed by atoms with van der Waals surface area (Å²) in [5.41, 5.74) is 1.38. The number of hydrogen-bond donors (Lipinski definition) is 2. The van der Waals surface area contributed by atoms with Crippen LogP contribution in [0, 0.1) is 24.4 Å². The van der Waals surface area contributed by atoms with E-state index in [0.717, 1.165) is 23.4 Å². The Balaban J connectivity index is 1.75. The van der Waals surface area contributed by atoms with Crippen molar-refractivity contribution in [3.05, 3.63) is 71.2 Å². The van der Waals surface area contributed by atoms with Crippen LogP contribution in [0.4, 0.5) is 30.6 Å². The van der Waals surface area contributed by atoms with E-state index in [2.05, 4.69) is 20.6 Å². The number of aromatic nitrogens is 2. The maximum Gasteiger partial charge on any atom is 0.229 e. The molecule has 0 amide bonds. The number of anilines is 3. The molecule has 0 aliphatic carbocycles. The minimum Gasteiger partial charge on any atom is -0.497 e. The minimum absolute atomic E-state index is 0.0668. The van der Waals surface area contributed by atoms with Gasteiger partial charge in [0.25, 0.3) is 0 Å². The van der Waals surface area contributed by atoms with Gasteiger partial charge in [0.1, 0.15) is 11.6 Å². The van der Waals surface area contributed by atoms with Gasteiger partial charge in [-0.05, 0) is 36.8 Å². The normalized spacial score (nSPS) is 10.6. The van der Waals surface area contributed by atoms with Crippen molar-refractivity contribution in [3.63, 3.8) is 0 Å². The molecule has 140 valence electrons. The average Bonchev–Trinajstić information content (AvgIpc) is 2.67. The predicted octanol–water partition coefficient (Wildman–Crippen LogP) is 4.57. The Labute approximate surface area is 154 Å². The number of benzene rings is 2. The molecule has 0 saturated heterocycles. The van der Waals surface area contributed by atoms with Crippen LogP contribution in [0.15, 0.2) is 42.5 Å². The molecule has 0 aliphatic heterocycles. The van der Waals surface area contributed by atoms with E-state index < -0.39 is 17.5 Å². The Morgan fingerprint density at radius 3 is 2.41 bits per heavy atom. The third-order valence-electron chi connectivity index (χ3n) is 3.77. The highest BCUT2D eigenvalue weighted by atomic mass is 19.2. The molecule has 8 heteroatoms. The smallest absolute Gasteiger partial charge is 0.229 e. The largest absolute Gasteiger partial charge is 0.497 e. The van der Waals surface area contributed by atoms with Crippen molar-refractivity contribution in [2.45, 2.75) is 13.5 Å². The maximum absolute atomic E-state index is 13.8. The summed E-state index contributed by atoms with van der Waals surface area (Å²) in [6, 6.07) is 11.2. The molecule has 0 unspecified atom stereocenters. The first-order valence-electron chi connectivity index (χ1n) is 8.09. The molecule has 0 spiro atoms. The van der Waals surface area contributed by atoms with E-state index in [1.165, 1.54) is 0 Å². The monoisotopic (exact) mass is 374 g/mol. The molecule has 0 radical (unpaired) electrons. The summed E-state index contributed by atoms with van der Waals surface area (Å²) >= 11 is 0. The Morgan fingerprint density at radius 1 is 0.963 bits per heavy atom. The summed E-state index contributed by atoms with van der Waals surface area (Å²) < 4.78 is 45.3. The van der Waals surface area contributed by atoms with E-state index in [0.29, 0.717) is 18.1 Å². The van der Waals surface area contributed by atoms with Gasteiger partial charge in [0.15, 0.2) is 17.5 Å². The molecular weight excluding hydrogens is 357 g/mol. The van der Waals surface area contributed by atoms with Crippen LogP contribution in [0.3, 0.4) is 0 Å². The molecule has 0 fully saturated rings. The molecular formula is C19H17F3N4O. The third kappa shape index (κ3) is 4.46. The number of nitrogens with zero attached hydrogens (tertiary/aromatic N) is 2. The van der Waals surface area contributed by atoms with Gasteiger partial charge in [-0.15, -0.1) is 0 Å². The number of halogens is 3. The van der Waals surface area contributed by atoms with Crippen LogP contribution in [0.5, 0.6) is 5.75 Å². The van der Waals surface area contributed by atoms with Crippen molar-refractivity contribution >= 4 is 17.5 Å². The van der Waals surface area contributed by atoms with Crippen LogP contribution in [-0.2, 0) is 6.54 Å². The fraction of sp³-hybridized carbons (Fsp3) is 0.158. The number of hydrogen-bond acceptors (Lipinski definition) is 5. The molecule has 27 heavy (non-hydrogen) atoms. The van der Waals surface area contributed by atoms with Crippen molar-refractivity contribution in [1.82, 2.24) is 9.97 Å². The molecule has 2 aromatic carbocycles. The number of rotatable bonds is 6. The highest BCUT2D eigenvalue weighted by Gasteiger charge is 2.14. The van der Waals surface area contributed by atoms with Crippen molar-refractivity contribution in [2.24, 2.45) is 0 Å². The van der Waals surface area contributed by atoms with Gasteiger partial charge in [-0.2, -0.15) is 4.98 Å². The topological polar surface area (TPSA) is 59.1 Å². The molecule has 1 aromatic heterocycles. The number of ether oxygens (including phenoxy) is 1. The van der Waals surface area contributed by atoms with Crippen molar-refractivity contribution in [2.75, 3.05) is 17.7 Å². The highest BCUT2D eigenvalue weighted by molar-refractivity contribution is 5.56. The van der Waals surface area contributed by atoms with Crippen LogP contribution < -0.4 is 15.4 Å².